The van der Waals surface area contributed by atoms with Gasteiger partial charge in [0.15, 0.2) is 0 Å². The quantitative estimate of drug-likeness (QED) is 0.163. The standard InChI is InChI=1S/C53H44N4O/c1-34(2)38-31-44(36-15-7-6-8-16-36)52(58-53(3,4)5)45(32-38)37-25-23-35(24-26-37)39-29-40(56-46-19-11-9-17-42(46)50-48(56)21-13-27-54-50)33-41(30-39)57-47-20-12-10-18-43(47)51-49(57)22-14-28-55-51/h6-34H,1-5H3. The second-order valence-electron chi connectivity index (χ2n) is 16.4. The Labute approximate surface area is 338 Å². The SMILES string of the molecule is CC(C)c1cc(-c2ccccc2)c(OC(C)(C)C)c(-c2ccc(-c3cc(-n4c5ccccc5c5ncccc54)cc(-n4c5ccccc5c5ncccc54)c3)cc2)c1. The number of nitrogens with zero attached hydrogens (tertiary/aromatic N) is 4. The van der Waals surface area contributed by atoms with Gasteiger partial charge in [0.1, 0.15) is 11.4 Å². The average Bonchev–Trinajstić information content (AvgIpc) is 3.76. The molecule has 0 atom stereocenters. The molecule has 0 aliphatic heterocycles. The fraction of sp³-hybridized carbons (Fsp3) is 0.132. The highest BCUT2D eigenvalue weighted by Crippen LogP contribution is 2.44. The Bertz CT molecular complexity index is 2910. The number of pyridine rings is 2. The normalized spacial score (nSPS) is 12.0. The van der Waals surface area contributed by atoms with Gasteiger partial charge in [0.25, 0.3) is 0 Å². The first kappa shape index (κ1) is 35.4. The van der Waals surface area contributed by atoms with Gasteiger partial charge >= 0.3 is 0 Å². The van der Waals surface area contributed by atoms with Gasteiger partial charge in [-0.1, -0.05) is 105 Å². The molecular formula is C53H44N4O. The Balaban J connectivity index is 1.20. The lowest BCUT2D eigenvalue weighted by Gasteiger charge is -2.27. The number of fused-ring (bicyclic) bond motifs is 6. The molecule has 0 saturated carbocycles. The zero-order valence-electron chi connectivity index (χ0n) is 33.4. The minimum atomic E-state index is -0.390. The first-order chi connectivity index (χ1) is 28.2. The summed E-state index contributed by atoms with van der Waals surface area (Å²) in [7, 11) is 0. The van der Waals surface area contributed by atoms with Gasteiger partial charge in [0.05, 0.1) is 33.1 Å². The van der Waals surface area contributed by atoms with Crippen molar-refractivity contribution in [2.45, 2.75) is 46.1 Å². The molecule has 5 nitrogen and oxygen atoms in total. The molecule has 4 aromatic heterocycles. The molecule has 0 spiro atoms. The van der Waals surface area contributed by atoms with Crippen LogP contribution in [0.4, 0.5) is 0 Å². The Morgan fingerprint density at radius 2 is 0.931 bits per heavy atom. The van der Waals surface area contributed by atoms with Crippen molar-refractivity contribution in [2.24, 2.45) is 0 Å². The summed E-state index contributed by atoms with van der Waals surface area (Å²) in [6.07, 6.45) is 3.76. The second-order valence-corrected chi connectivity index (χ2v) is 16.4. The van der Waals surface area contributed by atoms with E-state index in [-0.39, 0.29) is 5.60 Å². The summed E-state index contributed by atoms with van der Waals surface area (Å²) in [6, 6.07) is 56.6. The van der Waals surface area contributed by atoms with Gasteiger partial charge in [0, 0.05) is 45.7 Å². The van der Waals surface area contributed by atoms with Crippen molar-refractivity contribution >= 4 is 43.9 Å². The minimum Gasteiger partial charge on any atom is -0.487 e. The van der Waals surface area contributed by atoms with Crippen LogP contribution in [0, 0.1) is 0 Å². The van der Waals surface area contributed by atoms with E-state index in [2.05, 4.69) is 189 Å². The predicted molar refractivity (Wildman–Crippen MR) is 241 cm³/mol. The fourth-order valence-electron chi connectivity index (χ4n) is 8.43. The molecule has 0 unspecified atom stereocenters. The smallest absolute Gasteiger partial charge is 0.135 e. The monoisotopic (exact) mass is 752 g/mol. The lowest BCUT2D eigenvalue weighted by Crippen LogP contribution is -2.24. The van der Waals surface area contributed by atoms with Gasteiger partial charge in [-0.2, -0.15) is 0 Å². The van der Waals surface area contributed by atoms with Gasteiger partial charge in [-0.05, 0) is 121 Å². The number of para-hydroxylation sites is 2. The van der Waals surface area contributed by atoms with Crippen LogP contribution in [0.1, 0.15) is 46.1 Å². The molecule has 58 heavy (non-hydrogen) atoms. The molecule has 10 aromatic rings. The third-order valence-corrected chi connectivity index (χ3v) is 11.1. The molecule has 10 rings (SSSR count). The molecule has 0 aliphatic rings. The highest BCUT2D eigenvalue weighted by molar-refractivity contribution is 6.08. The molecule has 0 amide bonds. The Morgan fingerprint density at radius 1 is 0.466 bits per heavy atom. The van der Waals surface area contributed by atoms with Gasteiger partial charge in [-0.25, -0.2) is 0 Å². The van der Waals surface area contributed by atoms with Crippen molar-refractivity contribution in [1.82, 2.24) is 19.1 Å². The van der Waals surface area contributed by atoms with Gasteiger partial charge in [-0.3, -0.25) is 9.97 Å². The van der Waals surface area contributed by atoms with E-state index in [1.54, 1.807) is 0 Å². The maximum absolute atomic E-state index is 6.86. The van der Waals surface area contributed by atoms with Crippen molar-refractivity contribution < 1.29 is 4.74 Å². The van der Waals surface area contributed by atoms with Crippen molar-refractivity contribution in [2.75, 3.05) is 0 Å². The van der Waals surface area contributed by atoms with Gasteiger partial charge < -0.3 is 13.9 Å². The molecule has 0 N–H and O–H groups in total. The molecule has 0 fully saturated rings. The summed E-state index contributed by atoms with van der Waals surface area (Å²) >= 11 is 0. The average molecular weight is 753 g/mol. The Morgan fingerprint density at radius 3 is 1.45 bits per heavy atom. The van der Waals surface area contributed by atoms with Crippen molar-refractivity contribution in [3.8, 4) is 50.5 Å². The number of benzene rings is 6. The third-order valence-electron chi connectivity index (χ3n) is 11.1. The first-order valence-corrected chi connectivity index (χ1v) is 20.1. The number of ether oxygens (including phenoxy) is 1. The number of hydrogen-bond donors (Lipinski definition) is 0. The van der Waals surface area contributed by atoms with Crippen LogP contribution in [-0.2, 0) is 0 Å². The van der Waals surface area contributed by atoms with E-state index in [0.29, 0.717) is 5.92 Å². The Hall–Kier alpha value is -6.98. The number of aromatic nitrogens is 4. The summed E-state index contributed by atoms with van der Waals surface area (Å²) in [5, 5.41) is 2.25. The van der Waals surface area contributed by atoms with E-state index in [4.69, 9.17) is 14.7 Å². The molecule has 5 heteroatoms. The lowest BCUT2D eigenvalue weighted by atomic mass is 9.90. The lowest BCUT2D eigenvalue weighted by molar-refractivity contribution is 0.132. The van der Waals surface area contributed by atoms with E-state index < -0.39 is 0 Å². The molecule has 0 radical (unpaired) electrons. The van der Waals surface area contributed by atoms with Crippen LogP contribution < -0.4 is 4.74 Å². The van der Waals surface area contributed by atoms with Gasteiger partial charge in [-0.15, -0.1) is 0 Å². The summed E-state index contributed by atoms with van der Waals surface area (Å²) < 4.78 is 11.6. The molecule has 4 heterocycles. The van der Waals surface area contributed by atoms with Crippen LogP contribution in [0.25, 0.3) is 88.6 Å². The number of rotatable bonds is 7. The maximum atomic E-state index is 6.86. The zero-order valence-corrected chi connectivity index (χ0v) is 33.4. The Kier molecular flexibility index (Phi) is 8.49. The van der Waals surface area contributed by atoms with Crippen molar-refractivity contribution in [3.05, 3.63) is 176 Å². The summed E-state index contributed by atoms with van der Waals surface area (Å²) in [4.78, 5) is 9.71. The summed E-state index contributed by atoms with van der Waals surface area (Å²) in [5.74, 6) is 1.25. The molecular weight excluding hydrogens is 709 g/mol. The van der Waals surface area contributed by atoms with E-state index in [1.165, 1.54) is 5.56 Å². The summed E-state index contributed by atoms with van der Waals surface area (Å²) in [6.45, 7) is 10.9. The van der Waals surface area contributed by atoms with Crippen LogP contribution in [0.3, 0.4) is 0 Å². The van der Waals surface area contributed by atoms with Crippen molar-refractivity contribution in [3.63, 3.8) is 0 Å². The summed E-state index contributed by atoms with van der Waals surface area (Å²) in [5.41, 5.74) is 16.0. The number of hydrogen-bond acceptors (Lipinski definition) is 3. The fourth-order valence-corrected chi connectivity index (χ4v) is 8.43. The molecule has 282 valence electrons. The third kappa shape index (κ3) is 6.11. The van der Waals surface area contributed by atoms with E-state index in [1.807, 2.05) is 24.5 Å². The van der Waals surface area contributed by atoms with E-state index >= 15 is 0 Å². The minimum absolute atomic E-state index is 0.345. The van der Waals surface area contributed by atoms with E-state index in [9.17, 15) is 0 Å². The van der Waals surface area contributed by atoms with Crippen molar-refractivity contribution in [1.29, 1.82) is 0 Å². The highest BCUT2D eigenvalue weighted by Gasteiger charge is 2.23. The molecule has 6 aromatic carbocycles. The highest BCUT2D eigenvalue weighted by atomic mass is 16.5. The largest absolute Gasteiger partial charge is 0.487 e. The predicted octanol–water partition coefficient (Wildman–Crippen LogP) is 14.0. The van der Waals surface area contributed by atoms with Crippen LogP contribution in [0.5, 0.6) is 5.75 Å². The first-order valence-electron chi connectivity index (χ1n) is 20.1. The molecule has 0 saturated heterocycles. The topological polar surface area (TPSA) is 44.9 Å². The second kappa shape index (κ2) is 13.9. The maximum Gasteiger partial charge on any atom is 0.135 e. The van der Waals surface area contributed by atoms with Gasteiger partial charge in [0.2, 0.25) is 0 Å². The molecule has 0 aliphatic carbocycles. The van der Waals surface area contributed by atoms with Crippen LogP contribution in [-0.4, -0.2) is 24.7 Å². The van der Waals surface area contributed by atoms with Crippen LogP contribution in [0.15, 0.2) is 170 Å². The van der Waals surface area contributed by atoms with Crippen LogP contribution in [0.2, 0.25) is 0 Å². The molecule has 0 bridgehead atoms. The zero-order chi connectivity index (χ0) is 39.5. The van der Waals surface area contributed by atoms with Crippen LogP contribution >= 0.6 is 0 Å². The van der Waals surface area contributed by atoms with E-state index in [0.717, 1.165) is 94.4 Å².